The number of H-pyrrole nitrogens is 1. The van der Waals surface area contributed by atoms with Crippen molar-refractivity contribution in [2.75, 3.05) is 13.1 Å². The first-order valence-corrected chi connectivity index (χ1v) is 12.7. The highest BCUT2D eigenvalue weighted by Crippen LogP contribution is 2.30. The van der Waals surface area contributed by atoms with Crippen LogP contribution in [0.4, 0.5) is 0 Å². The fourth-order valence-electron chi connectivity index (χ4n) is 5.15. The van der Waals surface area contributed by atoms with Gasteiger partial charge >= 0.3 is 0 Å². The Morgan fingerprint density at radius 3 is 2.53 bits per heavy atom. The van der Waals surface area contributed by atoms with Gasteiger partial charge in [-0.1, -0.05) is 25.3 Å². The van der Waals surface area contributed by atoms with Crippen LogP contribution in [-0.4, -0.2) is 45.8 Å². The van der Waals surface area contributed by atoms with Crippen LogP contribution < -0.4 is 0 Å². The molecule has 1 saturated carbocycles. The van der Waals surface area contributed by atoms with E-state index in [1.165, 1.54) is 17.3 Å². The number of nitrogens with zero attached hydrogens (tertiary/aromatic N) is 3. The Bertz CT molecular complexity index is 1090. The molecule has 1 N–H and O–H groups in total. The van der Waals surface area contributed by atoms with Crippen molar-refractivity contribution >= 4 is 20.9 Å². The third-order valence-electron chi connectivity index (χ3n) is 6.96. The molecule has 3 aromatic rings. The van der Waals surface area contributed by atoms with E-state index in [1.807, 2.05) is 12.4 Å². The van der Waals surface area contributed by atoms with Gasteiger partial charge in [0.25, 0.3) is 0 Å². The lowest BCUT2D eigenvalue weighted by Crippen LogP contribution is -2.44. The lowest BCUT2D eigenvalue weighted by atomic mass is 9.98. The molecule has 2 fully saturated rings. The number of nitrogens with one attached hydrogen (secondary N) is 1. The Kier molecular flexibility index (Phi) is 5.41. The lowest BCUT2D eigenvalue weighted by molar-refractivity contribution is 0.251. The topological polar surface area (TPSA) is 71.0 Å². The molecule has 6 nitrogen and oxygen atoms in total. The number of sulfonamides is 1. The molecular weight excluding hydrogens is 396 g/mol. The SMILES string of the molecule is O=S(=O)(C1CCCCC1)N1CCC(Cn2ccc3cc(-c4cn[nH]c4)ccc32)CC1. The van der Waals surface area contributed by atoms with Crippen LogP contribution in [0.25, 0.3) is 22.0 Å². The molecule has 1 aliphatic heterocycles. The zero-order valence-electron chi connectivity index (χ0n) is 17.3. The summed E-state index contributed by atoms with van der Waals surface area (Å²) in [6, 6.07) is 8.70. The number of rotatable bonds is 5. The Morgan fingerprint density at radius 2 is 1.80 bits per heavy atom. The number of fused-ring (bicyclic) bond motifs is 1. The van der Waals surface area contributed by atoms with E-state index in [1.54, 1.807) is 4.31 Å². The third kappa shape index (κ3) is 3.81. The molecule has 0 unspecified atom stereocenters. The van der Waals surface area contributed by atoms with Crippen LogP contribution in [0.1, 0.15) is 44.9 Å². The molecule has 0 spiro atoms. The van der Waals surface area contributed by atoms with Crippen molar-refractivity contribution in [1.29, 1.82) is 0 Å². The number of hydrogen-bond acceptors (Lipinski definition) is 3. The van der Waals surface area contributed by atoms with Crippen molar-refractivity contribution in [3.63, 3.8) is 0 Å². The van der Waals surface area contributed by atoms with Crippen LogP contribution in [-0.2, 0) is 16.6 Å². The largest absolute Gasteiger partial charge is 0.347 e. The summed E-state index contributed by atoms with van der Waals surface area (Å²) in [5, 5.41) is 8.00. The maximum atomic E-state index is 13.0. The van der Waals surface area contributed by atoms with Gasteiger partial charge in [-0.15, -0.1) is 0 Å². The van der Waals surface area contributed by atoms with E-state index in [0.29, 0.717) is 19.0 Å². The van der Waals surface area contributed by atoms with Crippen molar-refractivity contribution in [3.8, 4) is 11.1 Å². The molecule has 5 rings (SSSR count). The summed E-state index contributed by atoms with van der Waals surface area (Å²) in [6.45, 7) is 2.30. The number of aromatic nitrogens is 3. The van der Waals surface area contributed by atoms with E-state index < -0.39 is 10.0 Å². The molecule has 30 heavy (non-hydrogen) atoms. The summed E-state index contributed by atoms with van der Waals surface area (Å²) in [5.74, 6) is 0.520. The van der Waals surface area contributed by atoms with E-state index in [-0.39, 0.29) is 5.25 Å². The predicted molar refractivity (Wildman–Crippen MR) is 120 cm³/mol. The first kappa shape index (κ1) is 19.8. The molecule has 7 heteroatoms. The van der Waals surface area contributed by atoms with E-state index in [9.17, 15) is 8.42 Å². The predicted octanol–water partition coefficient (Wildman–Crippen LogP) is 4.41. The summed E-state index contributed by atoms with van der Waals surface area (Å²) < 4.78 is 30.1. The third-order valence-corrected chi connectivity index (χ3v) is 9.36. The van der Waals surface area contributed by atoms with Gasteiger partial charge in [0.1, 0.15) is 0 Å². The van der Waals surface area contributed by atoms with Crippen molar-refractivity contribution in [3.05, 3.63) is 42.9 Å². The van der Waals surface area contributed by atoms with Gasteiger partial charge < -0.3 is 4.57 Å². The normalized spacial score (nSPS) is 20.1. The smallest absolute Gasteiger partial charge is 0.216 e. The zero-order chi connectivity index (χ0) is 20.6. The second-order valence-electron chi connectivity index (χ2n) is 8.88. The highest BCUT2D eigenvalue weighted by Gasteiger charge is 2.35. The average Bonchev–Trinajstić information content (AvgIpc) is 3.45. The average molecular weight is 427 g/mol. The molecule has 1 aliphatic carbocycles. The van der Waals surface area contributed by atoms with Crippen molar-refractivity contribution in [1.82, 2.24) is 19.1 Å². The summed E-state index contributed by atoms with van der Waals surface area (Å²) >= 11 is 0. The number of hydrogen-bond donors (Lipinski definition) is 1. The number of piperidine rings is 1. The summed E-state index contributed by atoms with van der Waals surface area (Å²) in [5.41, 5.74) is 3.49. The zero-order valence-corrected chi connectivity index (χ0v) is 18.2. The van der Waals surface area contributed by atoms with Gasteiger partial charge in [0.15, 0.2) is 0 Å². The molecule has 3 heterocycles. The first-order valence-electron chi connectivity index (χ1n) is 11.2. The van der Waals surface area contributed by atoms with E-state index in [4.69, 9.17) is 0 Å². The standard InChI is InChI=1S/C23H30N4O2S/c28-30(29,22-4-2-1-3-5-22)27-12-8-18(9-13-27)17-26-11-10-20-14-19(6-7-23(20)26)21-15-24-25-16-21/h6-7,10-11,14-16,18,22H,1-5,8-9,12-13,17H2,(H,24,25). The van der Waals surface area contributed by atoms with Gasteiger partial charge in [0.05, 0.1) is 11.4 Å². The quantitative estimate of drug-likeness (QED) is 0.657. The molecule has 0 bridgehead atoms. The minimum absolute atomic E-state index is 0.138. The van der Waals surface area contributed by atoms with Gasteiger partial charge in [-0.3, -0.25) is 5.10 Å². The van der Waals surface area contributed by atoms with Crippen molar-refractivity contribution in [2.24, 2.45) is 5.92 Å². The van der Waals surface area contributed by atoms with Gasteiger partial charge in [0.2, 0.25) is 10.0 Å². The number of aromatic amines is 1. The van der Waals surface area contributed by atoms with E-state index in [2.05, 4.69) is 45.2 Å². The Labute approximate surface area is 178 Å². The van der Waals surface area contributed by atoms with Gasteiger partial charge in [-0.25, -0.2) is 12.7 Å². The molecular formula is C23H30N4O2S. The van der Waals surface area contributed by atoms with Crippen LogP contribution in [0.15, 0.2) is 42.9 Å². The molecule has 1 saturated heterocycles. The summed E-state index contributed by atoms with van der Waals surface area (Å²) in [7, 11) is -3.11. The molecule has 2 aliphatic rings. The summed E-state index contributed by atoms with van der Waals surface area (Å²) in [4.78, 5) is 0. The molecule has 1 aromatic carbocycles. The maximum Gasteiger partial charge on any atom is 0.216 e. The van der Waals surface area contributed by atoms with Gasteiger partial charge in [-0.2, -0.15) is 5.10 Å². The minimum atomic E-state index is -3.11. The summed E-state index contributed by atoms with van der Waals surface area (Å²) in [6.07, 6.45) is 12.8. The fourth-order valence-corrected chi connectivity index (χ4v) is 7.22. The van der Waals surface area contributed by atoms with Crippen LogP contribution in [0.3, 0.4) is 0 Å². The highest BCUT2D eigenvalue weighted by molar-refractivity contribution is 7.89. The molecule has 2 aromatic heterocycles. The van der Waals surface area contributed by atoms with Crippen LogP contribution >= 0.6 is 0 Å². The van der Waals surface area contributed by atoms with Crippen molar-refractivity contribution in [2.45, 2.75) is 56.7 Å². The van der Waals surface area contributed by atoms with E-state index in [0.717, 1.165) is 56.2 Å². The van der Waals surface area contributed by atoms with Gasteiger partial charge in [-0.05, 0) is 55.4 Å². The fraction of sp³-hybridized carbons (Fsp3) is 0.522. The van der Waals surface area contributed by atoms with Crippen LogP contribution in [0, 0.1) is 5.92 Å². The Balaban J connectivity index is 1.24. The Hall–Kier alpha value is -2.12. The molecule has 160 valence electrons. The Morgan fingerprint density at radius 1 is 1.00 bits per heavy atom. The van der Waals surface area contributed by atoms with Crippen LogP contribution in [0.5, 0.6) is 0 Å². The lowest BCUT2D eigenvalue weighted by Gasteiger charge is -2.35. The number of benzene rings is 1. The van der Waals surface area contributed by atoms with E-state index >= 15 is 0 Å². The molecule has 0 radical (unpaired) electrons. The second kappa shape index (κ2) is 8.19. The maximum absolute atomic E-state index is 13.0. The first-order chi connectivity index (χ1) is 14.6. The molecule has 0 amide bonds. The monoisotopic (exact) mass is 426 g/mol. The van der Waals surface area contributed by atoms with Crippen molar-refractivity contribution < 1.29 is 8.42 Å². The highest BCUT2D eigenvalue weighted by atomic mass is 32.2. The van der Waals surface area contributed by atoms with Crippen LogP contribution in [0.2, 0.25) is 0 Å². The second-order valence-corrected chi connectivity index (χ2v) is 11.1. The minimum Gasteiger partial charge on any atom is -0.347 e. The van der Waals surface area contributed by atoms with Gasteiger partial charge in [0, 0.05) is 48.5 Å². The molecule has 0 atom stereocenters.